The van der Waals surface area contributed by atoms with Gasteiger partial charge in [-0.3, -0.25) is 4.79 Å². The van der Waals surface area contributed by atoms with Crippen LogP contribution in [0.25, 0.3) is 11.3 Å². The third kappa shape index (κ3) is 3.29. The van der Waals surface area contributed by atoms with Crippen LogP contribution in [0.5, 0.6) is 5.75 Å². The second-order valence-electron chi connectivity index (χ2n) is 5.11. The Morgan fingerprint density at radius 3 is 2.81 bits per heavy atom. The summed E-state index contributed by atoms with van der Waals surface area (Å²) in [6, 6.07) is 1.75. The van der Waals surface area contributed by atoms with Gasteiger partial charge in [0.1, 0.15) is 5.82 Å². The molecule has 2 rings (SSSR count). The van der Waals surface area contributed by atoms with Gasteiger partial charge in [0.15, 0.2) is 5.75 Å². The lowest BCUT2D eigenvalue weighted by molar-refractivity contribution is 0.405. The van der Waals surface area contributed by atoms with Gasteiger partial charge in [0.25, 0.3) is 5.56 Å². The van der Waals surface area contributed by atoms with E-state index in [1.807, 2.05) is 13.1 Å². The van der Waals surface area contributed by atoms with Crippen LogP contribution in [0.15, 0.2) is 23.3 Å². The monoisotopic (exact) mass is 287 g/mol. The first-order chi connectivity index (χ1) is 10.1. The summed E-state index contributed by atoms with van der Waals surface area (Å²) in [5.74, 6) is 1.05. The molecule has 0 aromatic carbocycles. The Morgan fingerprint density at radius 2 is 2.14 bits per heavy atom. The van der Waals surface area contributed by atoms with Gasteiger partial charge in [-0.25, -0.2) is 9.97 Å². The van der Waals surface area contributed by atoms with Crippen LogP contribution in [-0.4, -0.2) is 21.6 Å². The summed E-state index contributed by atoms with van der Waals surface area (Å²) in [7, 11) is 3.22. The minimum absolute atomic E-state index is 0.151. The predicted molar refractivity (Wildman–Crippen MR) is 82.6 cm³/mol. The van der Waals surface area contributed by atoms with E-state index < -0.39 is 0 Å². The van der Waals surface area contributed by atoms with Crippen LogP contribution in [-0.2, 0) is 13.5 Å². The molecule has 0 fully saturated rings. The van der Waals surface area contributed by atoms with E-state index >= 15 is 0 Å². The molecule has 0 unspecified atom stereocenters. The van der Waals surface area contributed by atoms with Crippen LogP contribution in [0.1, 0.15) is 31.2 Å². The third-order valence-corrected chi connectivity index (χ3v) is 3.43. The Labute approximate surface area is 124 Å². The average Bonchev–Trinajstić information content (AvgIpc) is 2.48. The van der Waals surface area contributed by atoms with Crippen LogP contribution in [0.4, 0.5) is 0 Å². The van der Waals surface area contributed by atoms with Crippen molar-refractivity contribution in [2.45, 2.75) is 33.1 Å². The minimum Gasteiger partial charge on any atom is -0.491 e. The number of aromatic nitrogens is 3. The molecule has 0 aliphatic heterocycles. The lowest BCUT2D eigenvalue weighted by Gasteiger charge is -2.11. The Morgan fingerprint density at radius 1 is 1.38 bits per heavy atom. The average molecular weight is 287 g/mol. The fourth-order valence-electron chi connectivity index (χ4n) is 2.25. The number of nitrogens with zero attached hydrogens (tertiary/aromatic N) is 3. The summed E-state index contributed by atoms with van der Waals surface area (Å²) in [6.45, 7) is 4.02. The molecule has 0 N–H and O–H groups in total. The molecule has 2 aromatic heterocycles. The molecule has 0 aliphatic rings. The molecule has 0 amide bonds. The lowest BCUT2D eigenvalue weighted by atomic mass is 10.0. The molecule has 0 spiro atoms. The highest BCUT2D eigenvalue weighted by Gasteiger charge is 2.12. The SMILES string of the molecule is CCCCc1cnc(C)nc1-c1cc(OC)c(=O)n(C)c1. The lowest BCUT2D eigenvalue weighted by Crippen LogP contribution is -2.18. The number of hydrogen-bond donors (Lipinski definition) is 0. The van der Waals surface area contributed by atoms with Gasteiger partial charge in [0.2, 0.25) is 0 Å². The highest BCUT2D eigenvalue weighted by molar-refractivity contribution is 5.63. The third-order valence-electron chi connectivity index (χ3n) is 3.43. The van der Waals surface area contributed by atoms with E-state index in [-0.39, 0.29) is 5.56 Å². The van der Waals surface area contributed by atoms with Crippen molar-refractivity contribution in [3.05, 3.63) is 40.2 Å². The molecule has 0 radical (unpaired) electrons. The van der Waals surface area contributed by atoms with E-state index in [2.05, 4.69) is 16.9 Å². The van der Waals surface area contributed by atoms with Crippen molar-refractivity contribution in [2.24, 2.45) is 7.05 Å². The normalized spacial score (nSPS) is 10.7. The van der Waals surface area contributed by atoms with Crippen LogP contribution >= 0.6 is 0 Å². The minimum atomic E-state index is -0.151. The molecule has 0 atom stereocenters. The quantitative estimate of drug-likeness (QED) is 0.848. The maximum absolute atomic E-state index is 11.9. The zero-order chi connectivity index (χ0) is 15.4. The number of ether oxygens (including phenoxy) is 1. The second kappa shape index (κ2) is 6.52. The van der Waals surface area contributed by atoms with Gasteiger partial charge in [-0.1, -0.05) is 13.3 Å². The van der Waals surface area contributed by atoms with Gasteiger partial charge in [-0.15, -0.1) is 0 Å². The number of unbranched alkanes of at least 4 members (excludes halogenated alkanes) is 1. The summed E-state index contributed by atoms with van der Waals surface area (Å²) in [5.41, 5.74) is 2.71. The predicted octanol–water partition coefficient (Wildman–Crippen LogP) is 2.50. The van der Waals surface area contributed by atoms with Crippen LogP contribution in [0.3, 0.4) is 0 Å². The number of rotatable bonds is 5. The van der Waals surface area contributed by atoms with Crippen molar-refractivity contribution < 1.29 is 4.74 Å². The first-order valence-electron chi connectivity index (χ1n) is 7.14. The van der Waals surface area contributed by atoms with E-state index in [4.69, 9.17) is 4.74 Å². The summed E-state index contributed by atoms with van der Waals surface area (Å²) < 4.78 is 6.69. The molecule has 112 valence electrons. The number of methoxy groups -OCH3 is 1. The topological polar surface area (TPSA) is 57.0 Å². The highest BCUT2D eigenvalue weighted by Crippen LogP contribution is 2.24. The summed E-state index contributed by atoms with van der Waals surface area (Å²) in [5, 5.41) is 0. The number of pyridine rings is 1. The zero-order valence-corrected chi connectivity index (χ0v) is 13.0. The van der Waals surface area contributed by atoms with E-state index in [0.717, 1.165) is 41.9 Å². The summed E-state index contributed by atoms with van der Waals surface area (Å²) in [4.78, 5) is 20.8. The first kappa shape index (κ1) is 15.2. The second-order valence-corrected chi connectivity index (χ2v) is 5.11. The highest BCUT2D eigenvalue weighted by atomic mass is 16.5. The van der Waals surface area contributed by atoms with Crippen molar-refractivity contribution >= 4 is 0 Å². The molecule has 0 saturated heterocycles. The maximum atomic E-state index is 11.9. The van der Waals surface area contributed by atoms with E-state index in [9.17, 15) is 4.79 Å². The Kier molecular flexibility index (Phi) is 4.73. The number of aryl methyl sites for hydroxylation is 3. The summed E-state index contributed by atoms with van der Waals surface area (Å²) in [6.07, 6.45) is 6.80. The van der Waals surface area contributed by atoms with Crippen LogP contribution in [0, 0.1) is 6.92 Å². The molecule has 0 bridgehead atoms. The molecular formula is C16H21N3O2. The van der Waals surface area contributed by atoms with Gasteiger partial charge >= 0.3 is 0 Å². The molecule has 5 heteroatoms. The van der Waals surface area contributed by atoms with Gasteiger partial charge in [-0.05, 0) is 31.4 Å². The van der Waals surface area contributed by atoms with E-state index in [1.165, 1.54) is 11.7 Å². The molecule has 2 aromatic rings. The standard InChI is InChI=1S/C16H21N3O2/c1-5-6-7-12-9-17-11(2)18-15(12)13-8-14(21-4)16(20)19(3)10-13/h8-10H,5-7H2,1-4H3. The molecule has 0 saturated carbocycles. The largest absolute Gasteiger partial charge is 0.491 e. The van der Waals surface area contributed by atoms with E-state index in [0.29, 0.717) is 5.75 Å². The van der Waals surface area contributed by atoms with Crippen LogP contribution in [0.2, 0.25) is 0 Å². The van der Waals surface area contributed by atoms with Gasteiger partial charge in [0, 0.05) is 25.0 Å². The number of hydrogen-bond acceptors (Lipinski definition) is 4. The molecular weight excluding hydrogens is 266 g/mol. The maximum Gasteiger partial charge on any atom is 0.292 e. The van der Waals surface area contributed by atoms with Crippen molar-refractivity contribution in [3.63, 3.8) is 0 Å². The van der Waals surface area contributed by atoms with Crippen molar-refractivity contribution in [3.8, 4) is 17.0 Å². The van der Waals surface area contributed by atoms with Crippen LogP contribution < -0.4 is 10.3 Å². The summed E-state index contributed by atoms with van der Waals surface area (Å²) >= 11 is 0. The zero-order valence-electron chi connectivity index (χ0n) is 13.0. The molecule has 21 heavy (non-hydrogen) atoms. The molecule has 2 heterocycles. The van der Waals surface area contributed by atoms with Crippen molar-refractivity contribution in [1.29, 1.82) is 0 Å². The Bertz CT molecular complexity index is 692. The van der Waals surface area contributed by atoms with E-state index in [1.54, 1.807) is 19.3 Å². The fraction of sp³-hybridized carbons (Fsp3) is 0.438. The Hall–Kier alpha value is -2.17. The van der Waals surface area contributed by atoms with Gasteiger partial charge in [-0.2, -0.15) is 0 Å². The van der Waals surface area contributed by atoms with Gasteiger partial charge < -0.3 is 9.30 Å². The smallest absolute Gasteiger partial charge is 0.292 e. The molecule has 0 aliphatic carbocycles. The van der Waals surface area contributed by atoms with Crippen molar-refractivity contribution in [2.75, 3.05) is 7.11 Å². The fourth-order valence-corrected chi connectivity index (χ4v) is 2.25. The Balaban J connectivity index is 2.57. The van der Waals surface area contributed by atoms with Gasteiger partial charge in [0.05, 0.1) is 12.8 Å². The van der Waals surface area contributed by atoms with Crippen molar-refractivity contribution in [1.82, 2.24) is 14.5 Å². The molecule has 5 nitrogen and oxygen atoms in total. The first-order valence-corrected chi connectivity index (χ1v) is 7.14.